The predicted octanol–water partition coefficient (Wildman–Crippen LogP) is 2.80. The molecule has 0 unspecified atom stereocenters. The molecule has 150 valence electrons. The lowest BCUT2D eigenvalue weighted by atomic mass is 9.81. The Morgan fingerprint density at radius 3 is 2.74 bits per heavy atom. The van der Waals surface area contributed by atoms with Gasteiger partial charge < -0.3 is 14.7 Å². The van der Waals surface area contributed by atoms with E-state index in [-0.39, 0.29) is 18.6 Å². The first kappa shape index (κ1) is 20.3. The number of carbonyl (C=O) groups excluding carboxylic acids is 1. The van der Waals surface area contributed by atoms with Gasteiger partial charge in [0.15, 0.2) is 0 Å². The molecule has 2 atom stereocenters. The van der Waals surface area contributed by atoms with Gasteiger partial charge in [0.2, 0.25) is 0 Å². The third-order valence-corrected chi connectivity index (χ3v) is 6.05. The maximum atomic E-state index is 13.1. The van der Waals surface area contributed by atoms with E-state index in [1.54, 1.807) is 0 Å². The molecular formula is C22H34N2O3. The van der Waals surface area contributed by atoms with Gasteiger partial charge >= 0.3 is 0 Å². The Balaban J connectivity index is 1.99. The SMILES string of the molecule is CCCN1CCO[C@@H]2c3cc(C(=O)N(CC)CC)c(CCO)cc3CC[C@H]21. The predicted molar refractivity (Wildman–Crippen MR) is 107 cm³/mol. The Hall–Kier alpha value is -1.43. The van der Waals surface area contributed by atoms with Crippen molar-refractivity contribution in [1.29, 1.82) is 0 Å². The first-order valence-corrected chi connectivity index (χ1v) is 10.6. The van der Waals surface area contributed by atoms with Crippen molar-refractivity contribution in [3.05, 3.63) is 34.4 Å². The van der Waals surface area contributed by atoms with Gasteiger partial charge in [-0.25, -0.2) is 0 Å². The van der Waals surface area contributed by atoms with Crippen LogP contribution in [0.3, 0.4) is 0 Å². The van der Waals surface area contributed by atoms with E-state index >= 15 is 0 Å². The molecule has 5 nitrogen and oxygen atoms in total. The quantitative estimate of drug-likeness (QED) is 0.797. The molecule has 1 heterocycles. The van der Waals surface area contributed by atoms with E-state index in [9.17, 15) is 9.90 Å². The van der Waals surface area contributed by atoms with E-state index in [1.807, 2.05) is 18.7 Å². The van der Waals surface area contributed by atoms with Crippen LogP contribution in [0.4, 0.5) is 0 Å². The fourth-order valence-corrected chi connectivity index (χ4v) is 4.67. The van der Waals surface area contributed by atoms with Gasteiger partial charge in [0, 0.05) is 37.8 Å². The maximum absolute atomic E-state index is 13.1. The molecule has 1 aliphatic carbocycles. The Morgan fingerprint density at radius 1 is 1.30 bits per heavy atom. The molecule has 2 aliphatic rings. The molecule has 1 amide bonds. The zero-order valence-corrected chi connectivity index (χ0v) is 17.0. The Bertz CT molecular complexity index is 655. The molecule has 3 rings (SSSR count). The molecule has 0 bridgehead atoms. The van der Waals surface area contributed by atoms with Crippen molar-refractivity contribution in [3.8, 4) is 0 Å². The molecule has 0 saturated carbocycles. The zero-order chi connectivity index (χ0) is 19.4. The van der Waals surface area contributed by atoms with Crippen molar-refractivity contribution in [2.24, 2.45) is 0 Å². The number of aliphatic hydroxyl groups is 1. The van der Waals surface area contributed by atoms with Gasteiger partial charge in [-0.2, -0.15) is 0 Å². The molecule has 1 saturated heterocycles. The molecule has 0 spiro atoms. The second kappa shape index (κ2) is 9.18. The van der Waals surface area contributed by atoms with Crippen LogP contribution in [0.1, 0.15) is 66.8 Å². The van der Waals surface area contributed by atoms with Crippen molar-refractivity contribution in [3.63, 3.8) is 0 Å². The monoisotopic (exact) mass is 374 g/mol. The fourth-order valence-electron chi connectivity index (χ4n) is 4.67. The molecule has 1 aromatic carbocycles. The lowest BCUT2D eigenvalue weighted by molar-refractivity contribution is -0.0801. The highest BCUT2D eigenvalue weighted by molar-refractivity contribution is 5.96. The second-order valence-electron chi connectivity index (χ2n) is 7.59. The average Bonchev–Trinajstić information content (AvgIpc) is 2.68. The van der Waals surface area contributed by atoms with Crippen molar-refractivity contribution >= 4 is 5.91 Å². The Kier molecular flexibility index (Phi) is 6.90. The molecule has 1 fully saturated rings. The first-order chi connectivity index (χ1) is 13.1. The number of carbonyl (C=O) groups is 1. The number of ether oxygens (including phenoxy) is 1. The number of amides is 1. The summed E-state index contributed by atoms with van der Waals surface area (Å²) in [7, 11) is 0. The minimum absolute atomic E-state index is 0.0560. The largest absolute Gasteiger partial charge is 0.396 e. The third kappa shape index (κ3) is 4.05. The minimum atomic E-state index is 0.0560. The highest BCUT2D eigenvalue weighted by Crippen LogP contribution is 2.39. The van der Waals surface area contributed by atoms with Gasteiger partial charge in [-0.05, 0) is 68.8 Å². The smallest absolute Gasteiger partial charge is 0.254 e. The van der Waals surface area contributed by atoms with Crippen LogP contribution in [0.5, 0.6) is 0 Å². The summed E-state index contributed by atoms with van der Waals surface area (Å²) in [6, 6.07) is 4.64. The first-order valence-electron chi connectivity index (χ1n) is 10.6. The number of fused-ring (bicyclic) bond motifs is 3. The van der Waals surface area contributed by atoms with Gasteiger partial charge in [-0.3, -0.25) is 9.69 Å². The minimum Gasteiger partial charge on any atom is -0.396 e. The van der Waals surface area contributed by atoms with E-state index in [0.29, 0.717) is 25.6 Å². The second-order valence-corrected chi connectivity index (χ2v) is 7.59. The van der Waals surface area contributed by atoms with Gasteiger partial charge in [0.25, 0.3) is 5.91 Å². The molecule has 27 heavy (non-hydrogen) atoms. The summed E-state index contributed by atoms with van der Waals surface area (Å²) >= 11 is 0. The lowest BCUT2D eigenvalue weighted by Crippen LogP contribution is -2.49. The Labute approximate surface area is 163 Å². The molecule has 0 radical (unpaired) electrons. The zero-order valence-electron chi connectivity index (χ0n) is 17.0. The van der Waals surface area contributed by atoms with Crippen molar-refractivity contribution < 1.29 is 14.6 Å². The highest BCUT2D eigenvalue weighted by atomic mass is 16.5. The van der Waals surface area contributed by atoms with Gasteiger partial charge in [0.1, 0.15) is 0 Å². The molecule has 0 aromatic heterocycles. The topological polar surface area (TPSA) is 53.0 Å². The third-order valence-electron chi connectivity index (χ3n) is 6.05. The summed E-state index contributed by atoms with van der Waals surface area (Å²) in [5, 5.41) is 9.51. The van der Waals surface area contributed by atoms with Crippen LogP contribution in [0, 0.1) is 0 Å². The number of rotatable bonds is 7. The summed E-state index contributed by atoms with van der Waals surface area (Å²) in [6.07, 6.45) is 3.84. The fraction of sp³-hybridized carbons (Fsp3) is 0.682. The van der Waals surface area contributed by atoms with Crippen LogP contribution < -0.4 is 0 Å². The Morgan fingerprint density at radius 2 is 2.07 bits per heavy atom. The van der Waals surface area contributed by atoms with E-state index in [4.69, 9.17) is 4.74 Å². The number of aliphatic hydroxyl groups excluding tert-OH is 1. The number of hydrogen-bond donors (Lipinski definition) is 1. The number of morpholine rings is 1. The number of nitrogens with zero attached hydrogens (tertiary/aromatic N) is 2. The molecule has 1 N–H and O–H groups in total. The number of benzene rings is 1. The summed E-state index contributed by atoms with van der Waals surface area (Å²) in [6.45, 7) is 10.5. The molecule has 1 aromatic rings. The summed E-state index contributed by atoms with van der Waals surface area (Å²) in [4.78, 5) is 17.5. The van der Waals surface area contributed by atoms with Crippen LogP contribution in [0.15, 0.2) is 12.1 Å². The van der Waals surface area contributed by atoms with Crippen molar-refractivity contribution in [1.82, 2.24) is 9.80 Å². The van der Waals surface area contributed by atoms with Crippen molar-refractivity contribution in [2.45, 2.75) is 58.6 Å². The van der Waals surface area contributed by atoms with E-state index in [1.165, 1.54) is 11.1 Å². The van der Waals surface area contributed by atoms with Gasteiger partial charge in [-0.1, -0.05) is 13.0 Å². The standard InChI is InChI=1S/C22H34N2O3/c1-4-10-24-11-13-27-21-18-15-19(22(26)23(5-2)6-3)17(9-12-25)14-16(18)7-8-20(21)24/h14-15,20-21,25H,4-13H2,1-3H3/t20-,21-/m1/s1. The van der Waals surface area contributed by atoms with E-state index in [2.05, 4.69) is 24.0 Å². The van der Waals surface area contributed by atoms with E-state index < -0.39 is 0 Å². The highest BCUT2D eigenvalue weighted by Gasteiger charge is 2.37. The number of hydrogen-bond acceptors (Lipinski definition) is 4. The summed E-state index contributed by atoms with van der Waals surface area (Å²) < 4.78 is 6.22. The van der Waals surface area contributed by atoms with Gasteiger partial charge in [0.05, 0.1) is 12.7 Å². The van der Waals surface area contributed by atoms with Crippen LogP contribution in [0.25, 0.3) is 0 Å². The summed E-state index contributed by atoms with van der Waals surface area (Å²) in [5.41, 5.74) is 4.18. The van der Waals surface area contributed by atoms with E-state index in [0.717, 1.165) is 50.1 Å². The summed E-state index contributed by atoms with van der Waals surface area (Å²) in [5.74, 6) is 0.0644. The maximum Gasteiger partial charge on any atom is 0.254 e. The average molecular weight is 375 g/mol. The molecule has 1 aliphatic heterocycles. The van der Waals surface area contributed by atoms with Crippen LogP contribution in [-0.4, -0.2) is 66.2 Å². The lowest BCUT2D eigenvalue weighted by Gasteiger charge is -2.45. The van der Waals surface area contributed by atoms with Gasteiger partial charge in [-0.15, -0.1) is 0 Å². The van der Waals surface area contributed by atoms with Crippen LogP contribution in [-0.2, 0) is 17.6 Å². The van der Waals surface area contributed by atoms with Crippen LogP contribution in [0.2, 0.25) is 0 Å². The normalized spacial score (nSPS) is 22.2. The number of aryl methyl sites for hydroxylation is 1. The van der Waals surface area contributed by atoms with Crippen molar-refractivity contribution in [2.75, 3.05) is 39.4 Å². The molecular weight excluding hydrogens is 340 g/mol. The molecule has 5 heteroatoms. The van der Waals surface area contributed by atoms with Crippen LogP contribution >= 0.6 is 0 Å².